The number of rotatable bonds is 5. The summed E-state index contributed by atoms with van der Waals surface area (Å²) < 4.78 is 83.1. The molecule has 5 rings (SSSR count). The second-order valence-electron chi connectivity index (χ2n) is 7.92. The zero-order valence-electron chi connectivity index (χ0n) is 15.6. The van der Waals surface area contributed by atoms with Crippen molar-refractivity contribution in [1.29, 1.82) is 0 Å². The Labute approximate surface area is 166 Å². The Bertz CT molecular complexity index is 1030. The molecule has 1 saturated carbocycles. The van der Waals surface area contributed by atoms with Crippen molar-refractivity contribution in [3.63, 3.8) is 0 Å². The van der Waals surface area contributed by atoms with Crippen LogP contribution < -0.4 is 10.0 Å². The Kier molecular flexibility index (Phi) is 4.95. The molecule has 0 unspecified atom stereocenters. The molecule has 1 aliphatic carbocycles. The minimum atomic E-state index is -3.67. The van der Waals surface area contributed by atoms with Gasteiger partial charge in [-0.05, 0) is 42.5 Å². The summed E-state index contributed by atoms with van der Waals surface area (Å²) in [5.41, 5.74) is -1.41. The number of hydrogen-bond donors (Lipinski definition) is 2. The van der Waals surface area contributed by atoms with Crippen LogP contribution in [0.3, 0.4) is 0 Å². The highest BCUT2D eigenvalue weighted by Crippen LogP contribution is 2.45. The van der Waals surface area contributed by atoms with Gasteiger partial charge in [0.15, 0.2) is 0 Å². The van der Waals surface area contributed by atoms with Crippen LogP contribution in [0.2, 0.25) is 0 Å². The molecule has 2 atom stereocenters. The van der Waals surface area contributed by atoms with E-state index in [4.69, 9.17) is 0 Å². The summed E-state index contributed by atoms with van der Waals surface area (Å²) >= 11 is 0. The van der Waals surface area contributed by atoms with E-state index in [9.17, 15) is 17.2 Å². The lowest BCUT2D eigenvalue weighted by atomic mass is 9.65. The molecule has 2 aliphatic heterocycles. The number of halogens is 4. The molecule has 0 radical (unpaired) electrons. The molecule has 9 heteroatoms. The highest BCUT2D eigenvalue weighted by Gasteiger charge is 2.58. The van der Waals surface area contributed by atoms with Crippen molar-refractivity contribution >= 4 is 10.0 Å². The normalized spacial score (nSPS) is 28.8. The third-order valence-corrected chi connectivity index (χ3v) is 6.30. The molecule has 2 N–H and O–H groups in total. The van der Waals surface area contributed by atoms with Crippen LogP contribution in [0.4, 0.5) is 17.6 Å². The maximum absolute atomic E-state index is 15.1. The van der Waals surface area contributed by atoms with Crippen LogP contribution in [0.25, 0.3) is 11.1 Å². The fraction of sp³-hybridized carbons (Fsp3) is 0.400. The number of fused-ring (bicyclic) bond motifs is 2. The maximum Gasteiger partial charge on any atom is 0.209 e. The summed E-state index contributed by atoms with van der Waals surface area (Å²) in [6.45, 7) is 0. The first-order chi connectivity index (χ1) is 13.5. The summed E-state index contributed by atoms with van der Waals surface area (Å²) in [4.78, 5) is 0. The molecule has 2 aromatic rings. The molecule has 0 amide bonds. The van der Waals surface area contributed by atoms with Crippen molar-refractivity contribution < 1.29 is 26.0 Å². The molecule has 156 valence electrons. The van der Waals surface area contributed by atoms with Crippen LogP contribution in [0.5, 0.6) is 0 Å². The van der Waals surface area contributed by atoms with E-state index in [1.165, 1.54) is 12.1 Å². The van der Waals surface area contributed by atoms with Gasteiger partial charge in [-0.15, -0.1) is 0 Å². The topological polar surface area (TPSA) is 58.2 Å². The maximum atomic E-state index is 15.1. The zero-order chi connectivity index (χ0) is 21.0. The fourth-order valence-corrected chi connectivity index (χ4v) is 5.23. The van der Waals surface area contributed by atoms with Gasteiger partial charge < -0.3 is 5.32 Å². The summed E-state index contributed by atoms with van der Waals surface area (Å²) in [7, 11) is -3.67. The van der Waals surface area contributed by atoms with Gasteiger partial charge in [0.1, 0.15) is 23.1 Å². The van der Waals surface area contributed by atoms with Crippen molar-refractivity contribution in [3.8, 4) is 11.1 Å². The Hall–Kier alpha value is -1.97. The molecule has 4 nitrogen and oxygen atoms in total. The van der Waals surface area contributed by atoms with Crippen molar-refractivity contribution in [2.24, 2.45) is 0 Å². The first-order valence-corrected chi connectivity index (χ1v) is 11.1. The first-order valence-electron chi connectivity index (χ1n) is 9.20. The molecule has 2 heterocycles. The second kappa shape index (κ2) is 7.07. The van der Waals surface area contributed by atoms with Crippen molar-refractivity contribution in [3.05, 3.63) is 59.4 Å². The van der Waals surface area contributed by atoms with Gasteiger partial charge in [0.25, 0.3) is 0 Å². The van der Waals surface area contributed by atoms with Gasteiger partial charge >= 0.3 is 0 Å². The lowest BCUT2D eigenvalue weighted by Crippen LogP contribution is -2.75. The Morgan fingerprint density at radius 2 is 1.79 bits per heavy atom. The smallest absolute Gasteiger partial charge is 0.209 e. The van der Waals surface area contributed by atoms with Gasteiger partial charge in [-0.1, -0.05) is 18.2 Å². The van der Waals surface area contributed by atoms with Gasteiger partial charge in [-0.25, -0.2) is 30.7 Å². The van der Waals surface area contributed by atoms with Gasteiger partial charge in [-0.3, -0.25) is 0 Å². The molecule has 0 aromatic heterocycles. The summed E-state index contributed by atoms with van der Waals surface area (Å²) in [5, 5.41) is 3.18. The van der Waals surface area contributed by atoms with E-state index in [1.807, 2.05) is 0 Å². The van der Waals surface area contributed by atoms with Crippen LogP contribution in [-0.2, 0) is 16.4 Å². The Morgan fingerprint density at radius 3 is 2.41 bits per heavy atom. The molecular weight excluding hydrogens is 408 g/mol. The molecule has 2 aromatic carbocycles. The number of alkyl halides is 1. The molecule has 3 fully saturated rings. The van der Waals surface area contributed by atoms with Crippen LogP contribution in [0.1, 0.15) is 18.4 Å². The minimum absolute atomic E-state index is 0.0180. The SMILES string of the molecule is CS(=O)(=O)N[C@@H]1[C@H](Cc2cccc(-c3cc(F)cc(F)c3)c2F)NC2CC1(F)C2. The van der Waals surface area contributed by atoms with Crippen LogP contribution in [0, 0.1) is 17.5 Å². The van der Waals surface area contributed by atoms with E-state index in [-0.39, 0.29) is 42.0 Å². The standard InChI is InChI=1S/C20H20F4N2O2S/c1-29(27,28)26-19-17(25-15-9-20(19,24)10-15)7-11-3-2-4-16(18(11)23)12-5-13(21)8-14(22)6-12/h2-6,8,15,17,19,25-26H,7,9-10H2,1H3/t15?,17-,19+,20?/m0/s1. The quantitative estimate of drug-likeness (QED) is 0.720. The summed E-state index contributed by atoms with van der Waals surface area (Å²) in [6.07, 6.45) is 1.37. The molecule has 2 saturated heterocycles. The number of nitrogens with one attached hydrogen (secondary N) is 2. The van der Waals surface area contributed by atoms with Gasteiger partial charge in [0.2, 0.25) is 10.0 Å². The van der Waals surface area contributed by atoms with Gasteiger partial charge in [0.05, 0.1) is 12.3 Å². The van der Waals surface area contributed by atoms with E-state index in [2.05, 4.69) is 10.0 Å². The third kappa shape index (κ3) is 4.04. The second-order valence-corrected chi connectivity index (χ2v) is 9.70. The molecule has 29 heavy (non-hydrogen) atoms. The Morgan fingerprint density at radius 1 is 1.14 bits per heavy atom. The van der Waals surface area contributed by atoms with Crippen LogP contribution in [-0.4, -0.2) is 38.5 Å². The number of sulfonamides is 1. The largest absolute Gasteiger partial charge is 0.309 e. The molecule has 0 spiro atoms. The molecular formula is C20H20F4N2O2S. The van der Waals surface area contributed by atoms with Gasteiger partial charge in [-0.2, -0.15) is 0 Å². The van der Waals surface area contributed by atoms with Crippen molar-refractivity contribution in [2.45, 2.75) is 43.1 Å². The van der Waals surface area contributed by atoms with Crippen LogP contribution in [0.15, 0.2) is 36.4 Å². The fourth-order valence-electron chi connectivity index (χ4n) is 4.39. The van der Waals surface area contributed by atoms with Gasteiger partial charge in [0, 0.05) is 23.7 Å². The zero-order valence-corrected chi connectivity index (χ0v) is 16.4. The predicted molar refractivity (Wildman–Crippen MR) is 101 cm³/mol. The van der Waals surface area contributed by atoms with Crippen LogP contribution >= 0.6 is 0 Å². The third-order valence-electron chi connectivity index (χ3n) is 5.61. The number of benzene rings is 2. The van der Waals surface area contributed by atoms with E-state index in [1.54, 1.807) is 6.07 Å². The monoisotopic (exact) mass is 428 g/mol. The lowest BCUT2D eigenvalue weighted by molar-refractivity contribution is -0.0567. The average molecular weight is 428 g/mol. The highest BCUT2D eigenvalue weighted by atomic mass is 32.2. The van der Waals surface area contributed by atoms with E-state index < -0.39 is 45.2 Å². The average Bonchev–Trinajstić information content (AvgIpc) is 2.56. The predicted octanol–water partition coefficient (Wildman–Crippen LogP) is 3.07. The lowest BCUT2D eigenvalue weighted by Gasteiger charge is -2.55. The van der Waals surface area contributed by atoms with E-state index in [0.29, 0.717) is 6.07 Å². The molecule has 3 aliphatic rings. The number of piperidine rings is 2. The Balaban J connectivity index is 1.65. The number of hydrogen-bond acceptors (Lipinski definition) is 3. The van der Waals surface area contributed by atoms with Crippen molar-refractivity contribution in [2.75, 3.05) is 6.26 Å². The summed E-state index contributed by atoms with van der Waals surface area (Å²) in [6, 6.07) is 5.43. The van der Waals surface area contributed by atoms with Crippen molar-refractivity contribution in [1.82, 2.24) is 10.0 Å². The first kappa shape index (κ1) is 20.3. The molecule has 2 bridgehead atoms. The highest BCUT2D eigenvalue weighted by molar-refractivity contribution is 7.88. The van der Waals surface area contributed by atoms with E-state index >= 15 is 8.78 Å². The minimum Gasteiger partial charge on any atom is -0.309 e. The van der Waals surface area contributed by atoms with E-state index in [0.717, 1.165) is 18.4 Å². The summed E-state index contributed by atoms with van der Waals surface area (Å²) in [5.74, 6) is -2.32.